The standard InChI is InChI=1S/C36H43N3O4S2/c1-24(2)43-35(41)33(17-19-44-4)39-34(40)32-20-27(12-15-28(32)14-11-26-9-7-25(3)8-10-26)13-16-30-21-31(23-38-30)45-36(42)29-6-5-18-37-22-29/h5-10,12-13,15-16,18,20,22,24,30-31,33,38H,11,14,17,19,21,23H2,1-4H3,(H,39,40)/b16-13+/t30-,31+,33+/m1/s1. The number of rotatable bonds is 14. The van der Waals surface area contributed by atoms with Crippen molar-refractivity contribution in [2.24, 2.45) is 0 Å². The van der Waals surface area contributed by atoms with Gasteiger partial charge in [0.15, 0.2) is 0 Å². The zero-order chi connectivity index (χ0) is 32.2. The van der Waals surface area contributed by atoms with Gasteiger partial charge in [0.1, 0.15) is 6.04 Å². The summed E-state index contributed by atoms with van der Waals surface area (Å²) in [6.45, 7) is 6.42. The number of amides is 1. The van der Waals surface area contributed by atoms with Gasteiger partial charge in [-0.25, -0.2) is 4.79 Å². The molecule has 1 saturated heterocycles. The van der Waals surface area contributed by atoms with E-state index in [-0.39, 0.29) is 28.4 Å². The highest BCUT2D eigenvalue weighted by atomic mass is 32.2. The van der Waals surface area contributed by atoms with Gasteiger partial charge in [-0.2, -0.15) is 11.8 Å². The Labute approximate surface area is 275 Å². The van der Waals surface area contributed by atoms with Crippen molar-refractivity contribution in [3.8, 4) is 0 Å². The van der Waals surface area contributed by atoms with Gasteiger partial charge >= 0.3 is 5.97 Å². The van der Waals surface area contributed by atoms with Crippen LogP contribution in [-0.4, -0.2) is 64.0 Å². The quantitative estimate of drug-likeness (QED) is 0.197. The Balaban J connectivity index is 1.48. The number of hydrogen-bond donors (Lipinski definition) is 2. The van der Waals surface area contributed by atoms with Crippen molar-refractivity contribution in [2.75, 3.05) is 18.6 Å². The molecule has 2 heterocycles. The van der Waals surface area contributed by atoms with Crippen LogP contribution in [0.1, 0.15) is 69.7 Å². The number of esters is 1. The van der Waals surface area contributed by atoms with Crippen LogP contribution < -0.4 is 10.6 Å². The molecule has 0 bridgehead atoms. The first-order valence-corrected chi connectivity index (χ1v) is 17.7. The van der Waals surface area contributed by atoms with E-state index in [9.17, 15) is 14.4 Å². The topological polar surface area (TPSA) is 97.4 Å². The molecule has 1 aliphatic rings. The molecule has 2 aromatic carbocycles. The van der Waals surface area contributed by atoms with Crippen molar-refractivity contribution in [1.82, 2.24) is 15.6 Å². The highest BCUT2D eigenvalue weighted by molar-refractivity contribution is 8.14. The molecule has 9 heteroatoms. The summed E-state index contributed by atoms with van der Waals surface area (Å²) in [5, 5.41) is 6.67. The summed E-state index contributed by atoms with van der Waals surface area (Å²) in [5.74, 6) is 0.0367. The molecule has 2 N–H and O–H groups in total. The van der Waals surface area contributed by atoms with Crippen molar-refractivity contribution >= 4 is 46.6 Å². The number of aryl methyl sites for hydroxylation is 3. The summed E-state index contributed by atoms with van der Waals surface area (Å²) in [6.07, 6.45) is 11.9. The minimum Gasteiger partial charge on any atom is -0.461 e. The number of benzene rings is 2. The molecule has 7 nitrogen and oxygen atoms in total. The first-order valence-electron chi connectivity index (χ1n) is 15.4. The van der Waals surface area contributed by atoms with Gasteiger partial charge in [0.25, 0.3) is 5.91 Å². The van der Waals surface area contributed by atoms with Crippen LogP contribution in [0.15, 0.2) is 73.1 Å². The van der Waals surface area contributed by atoms with E-state index in [0.717, 1.165) is 36.3 Å². The number of nitrogens with one attached hydrogen (secondary N) is 2. The minimum atomic E-state index is -0.719. The Bertz CT molecular complexity index is 1460. The number of nitrogens with zero attached hydrogens (tertiary/aromatic N) is 1. The fraction of sp³-hybridized carbons (Fsp3) is 0.389. The molecule has 3 aromatic rings. The van der Waals surface area contributed by atoms with E-state index in [1.807, 2.05) is 44.4 Å². The van der Waals surface area contributed by atoms with E-state index < -0.39 is 12.0 Å². The van der Waals surface area contributed by atoms with E-state index in [1.165, 1.54) is 22.9 Å². The summed E-state index contributed by atoms with van der Waals surface area (Å²) in [7, 11) is 0. The van der Waals surface area contributed by atoms with Gasteiger partial charge < -0.3 is 15.4 Å². The van der Waals surface area contributed by atoms with Crippen LogP contribution in [0, 0.1) is 6.92 Å². The van der Waals surface area contributed by atoms with Gasteiger partial charge in [0.2, 0.25) is 5.12 Å². The maximum Gasteiger partial charge on any atom is 0.328 e. The summed E-state index contributed by atoms with van der Waals surface area (Å²) < 4.78 is 5.46. The second kappa shape index (κ2) is 17.3. The van der Waals surface area contributed by atoms with Crippen molar-refractivity contribution in [1.29, 1.82) is 0 Å². The Kier molecular flexibility index (Phi) is 13.3. The molecule has 0 aliphatic carbocycles. The summed E-state index contributed by atoms with van der Waals surface area (Å²) in [5.41, 5.74) is 5.41. The second-order valence-corrected chi connectivity index (χ2v) is 13.8. The molecule has 1 amide bonds. The Morgan fingerprint density at radius 1 is 1.11 bits per heavy atom. The van der Waals surface area contributed by atoms with Crippen LogP contribution in [0.5, 0.6) is 0 Å². The van der Waals surface area contributed by atoms with E-state index in [4.69, 9.17) is 4.74 Å². The Hall–Kier alpha value is -3.40. The maximum atomic E-state index is 13.8. The van der Waals surface area contributed by atoms with Crippen LogP contribution in [0.3, 0.4) is 0 Å². The molecule has 0 saturated carbocycles. The first-order chi connectivity index (χ1) is 21.7. The van der Waals surface area contributed by atoms with Crippen LogP contribution in [0.25, 0.3) is 6.08 Å². The molecule has 3 atom stereocenters. The van der Waals surface area contributed by atoms with Gasteiger partial charge in [0.05, 0.1) is 6.10 Å². The van der Waals surface area contributed by atoms with Crippen molar-refractivity contribution in [3.05, 3.63) is 106 Å². The fourth-order valence-electron chi connectivity index (χ4n) is 5.10. The van der Waals surface area contributed by atoms with Crippen molar-refractivity contribution < 1.29 is 19.1 Å². The third-order valence-corrected chi connectivity index (χ3v) is 9.34. The molecule has 0 radical (unpaired) electrons. The lowest BCUT2D eigenvalue weighted by Gasteiger charge is -2.20. The smallest absolute Gasteiger partial charge is 0.328 e. The Morgan fingerprint density at radius 3 is 2.62 bits per heavy atom. The maximum absolute atomic E-state index is 13.8. The molecule has 1 aromatic heterocycles. The molecular formula is C36H43N3O4S2. The number of carbonyl (C=O) groups excluding carboxylic acids is 3. The highest BCUT2D eigenvalue weighted by Crippen LogP contribution is 2.26. The highest BCUT2D eigenvalue weighted by Gasteiger charge is 2.26. The van der Waals surface area contributed by atoms with Crippen LogP contribution in [-0.2, 0) is 22.4 Å². The number of ether oxygens (including phenoxy) is 1. The Morgan fingerprint density at radius 2 is 1.91 bits per heavy atom. The fourth-order valence-corrected chi connectivity index (χ4v) is 6.61. The van der Waals surface area contributed by atoms with Gasteiger partial charge in [-0.1, -0.05) is 65.9 Å². The number of carbonyl (C=O) groups is 3. The van der Waals surface area contributed by atoms with E-state index in [2.05, 4.69) is 52.9 Å². The average Bonchev–Trinajstić information content (AvgIpc) is 3.49. The zero-order valence-electron chi connectivity index (χ0n) is 26.5. The molecule has 1 aliphatic heterocycles. The largest absolute Gasteiger partial charge is 0.461 e. The predicted octanol–water partition coefficient (Wildman–Crippen LogP) is 6.30. The predicted molar refractivity (Wildman–Crippen MR) is 186 cm³/mol. The molecule has 0 unspecified atom stereocenters. The number of hydrogen-bond acceptors (Lipinski definition) is 8. The molecule has 45 heavy (non-hydrogen) atoms. The molecule has 1 fully saturated rings. The van der Waals surface area contributed by atoms with Gasteiger partial charge in [0, 0.05) is 41.4 Å². The van der Waals surface area contributed by atoms with Crippen molar-refractivity contribution in [2.45, 2.75) is 69.9 Å². The first kappa shape index (κ1) is 34.5. The average molecular weight is 646 g/mol. The van der Waals surface area contributed by atoms with Crippen molar-refractivity contribution in [3.63, 3.8) is 0 Å². The molecule has 0 spiro atoms. The summed E-state index contributed by atoms with van der Waals surface area (Å²) >= 11 is 2.97. The van der Waals surface area contributed by atoms with Crippen LogP contribution >= 0.6 is 23.5 Å². The van der Waals surface area contributed by atoms with E-state index >= 15 is 0 Å². The lowest BCUT2D eigenvalue weighted by molar-refractivity contribution is -0.149. The van der Waals surface area contributed by atoms with E-state index in [0.29, 0.717) is 24.0 Å². The number of thioether (sulfide) groups is 2. The SMILES string of the molecule is CSCC[C@H](NC(=O)c1cc(/C=C/[C@@H]2C[C@H](SC(=O)c3cccnc3)CN2)ccc1CCc1ccc(C)cc1)C(=O)OC(C)C. The number of pyridine rings is 1. The third kappa shape index (κ3) is 10.9. The molecular weight excluding hydrogens is 603 g/mol. The normalized spacial score (nSPS) is 17.0. The molecule has 4 rings (SSSR count). The number of aromatic nitrogens is 1. The minimum absolute atomic E-state index is 0.0320. The van der Waals surface area contributed by atoms with Crippen LogP contribution in [0.4, 0.5) is 0 Å². The molecule has 238 valence electrons. The van der Waals surface area contributed by atoms with Gasteiger partial charge in [-0.3, -0.25) is 14.6 Å². The lowest BCUT2D eigenvalue weighted by Crippen LogP contribution is -2.43. The third-order valence-electron chi connectivity index (χ3n) is 7.55. The summed E-state index contributed by atoms with van der Waals surface area (Å²) in [4.78, 5) is 43.3. The van der Waals surface area contributed by atoms with Crippen LogP contribution in [0.2, 0.25) is 0 Å². The second-order valence-electron chi connectivity index (χ2n) is 11.6. The van der Waals surface area contributed by atoms with Gasteiger partial charge in [-0.05, 0) is 93.4 Å². The van der Waals surface area contributed by atoms with E-state index in [1.54, 1.807) is 36.3 Å². The zero-order valence-corrected chi connectivity index (χ0v) is 28.1. The van der Waals surface area contributed by atoms with Gasteiger partial charge in [-0.15, -0.1) is 0 Å². The lowest BCUT2D eigenvalue weighted by atomic mass is 9.96. The monoisotopic (exact) mass is 645 g/mol. The summed E-state index contributed by atoms with van der Waals surface area (Å²) in [6, 6.07) is 17.4.